The molecule has 5 bridgehead atoms. The standard InChI is InChI=1S/C35H45NO9/c1-15-10-8-11-16(2)35(44)36-27-19(5)30(40)24-25(33(27)43)31(41)21(7)34-26(24)32(42)23(45-34)13-9-12-22(37)18(4)29(39)20(6)28(38)17(3)14-15/h8-12,15,17-18,20,22-23,28-29,37-41,43H,13-14H2,1-7H3,(H,36,44)/b10-8+,12-9+,16-11-/t15-,17+,18+,20+,22-,23+,28+,29+/m0/s1. The van der Waals surface area contributed by atoms with Gasteiger partial charge in [-0.2, -0.15) is 0 Å². The van der Waals surface area contributed by atoms with Gasteiger partial charge in [0, 0.05) is 40.3 Å². The van der Waals surface area contributed by atoms with Crippen molar-refractivity contribution in [2.24, 2.45) is 23.7 Å². The van der Waals surface area contributed by atoms with Crippen molar-refractivity contribution in [1.29, 1.82) is 0 Å². The maximum Gasteiger partial charge on any atom is 0.251 e. The Bertz CT molecular complexity index is 1590. The van der Waals surface area contributed by atoms with Gasteiger partial charge in [-0.1, -0.05) is 58.1 Å². The Hall–Kier alpha value is -3.86. The first kappa shape index (κ1) is 34.0. The van der Waals surface area contributed by atoms with Crippen molar-refractivity contribution < 1.29 is 45.0 Å². The van der Waals surface area contributed by atoms with Crippen LogP contribution in [0.5, 0.6) is 23.0 Å². The van der Waals surface area contributed by atoms with Gasteiger partial charge < -0.3 is 40.7 Å². The molecule has 7 N–H and O–H groups in total. The molecule has 0 radical (unpaired) electrons. The van der Waals surface area contributed by atoms with Crippen LogP contribution in [0.25, 0.3) is 10.8 Å². The fourth-order valence-electron chi connectivity index (χ4n) is 6.36. The van der Waals surface area contributed by atoms with E-state index in [0.29, 0.717) is 12.0 Å². The SMILES string of the molecule is C/C1=C/C=C/[C@H](C)C[C@@H](C)[C@@H](O)[C@@H](C)[C@H](O)[C@H](C)[C@@H](O)/C=C/C[C@H]2Oc3c(C)c(O)c4c(O)c(c(C)c(O)c4c3C2=O)NC1=O. The van der Waals surface area contributed by atoms with E-state index in [1.807, 2.05) is 19.9 Å². The van der Waals surface area contributed by atoms with E-state index in [2.05, 4.69) is 5.32 Å². The summed E-state index contributed by atoms with van der Waals surface area (Å²) in [5, 5.41) is 68.9. The lowest BCUT2D eigenvalue weighted by molar-refractivity contribution is -0.112. The van der Waals surface area contributed by atoms with Gasteiger partial charge in [-0.25, -0.2) is 0 Å². The normalized spacial score (nSPS) is 32.6. The molecule has 3 aliphatic heterocycles. The smallest absolute Gasteiger partial charge is 0.251 e. The van der Waals surface area contributed by atoms with Crippen LogP contribution in [-0.2, 0) is 4.79 Å². The lowest BCUT2D eigenvalue weighted by Gasteiger charge is -2.33. The van der Waals surface area contributed by atoms with E-state index in [0.717, 1.165) is 0 Å². The molecule has 0 unspecified atom stereocenters. The predicted molar refractivity (Wildman–Crippen MR) is 172 cm³/mol. The number of benzene rings is 2. The number of phenolic OH excluding ortho intramolecular Hbond substituents is 3. The highest BCUT2D eigenvalue weighted by atomic mass is 16.5. The Balaban J connectivity index is 1.82. The fourth-order valence-corrected chi connectivity index (χ4v) is 6.36. The number of ketones is 1. The van der Waals surface area contributed by atoms with Crippen LogP contribution in [0, 0.1) is 37.5 Å². The highest BCUT2D eigenvalue weighted by molar-refractivity contribution is 6.21. The second-order valence-electron chi connectivity index (χ2n) is 12.8. The highest BCUT2D eigenvalue weighted by Crippen LogP contribution is 2.53. The highest BCUT2D eigenvalue weighted by Gasteiger charge is 2.39. The summed E-state index contributed by atoms with van der Waals surface area (Å²) in [5.41, 5.74) is 0.467. The second-order valence-corrected chi connectivity index (χ2v) is 12.8. The Morgan fingerprint density at radius 1 is 0.822 bits per heavy atom. The van der Waals surface area contributed by atoms with Gasteiger partial charge in [0.05, 0.1) is 34.9 Å². The summed E-state index contributed by atoms with van der Waals surface area (Å²) >= 11 is 0. The molecular weight excluding hydrogens is 578 g/mol. The first-order valence-corrected chi connectivity index (χ1v) is 15.4. The zero-order valence-electron chi connectivity index (χ0n) is 26.8. The third-order valence-corrected chi connectivity index (χ3v) is 9.45. The molecule has 10 nitrogen and oxygen atoms in total. The van der Waals surface area contributed by atoms with Crippen molar-refractivity contribution in [2.75, 3.05) is 5.32 Å². The molecule has 0 saturated carbocycles. The molecule has 244 valence electrons. The van der Waals surface area contributed by atoms with Crippen LogP contribution >= 0.6 is 0 Å². The van der Waals surface area contributed by atoms with Crippen LogP contribution in [0.4, 0.5) is 5.69 Å². The number of rotatable bonds is 0. The number of carbonyl (C=O) groups is 2. The van der Waals surface area contributed by atoms with E-state index in [1.165, 1.54) is 19.9 Å². The van der Waals surface area contributed by atoms with Crippen LogP contribution in [-0.4, -0.2) is 66.7 Å². The van der Waals surface area contributed by atoms with Gasteiger partial charge in [0.1, 0.15) is 17.2 Å². The zero-order valence-corrected chi connectivity index (χ0v) is 26.8. The number of anilines is 1. The molecule has 2 aromatic rings. The molecule has 3 aliphatic rings. The van der Waals surface area contributed by atoms with E-state index in [4.69, 9.17) is 4.74 Å². The summed E-state index contributed by atoms with van der Waals surface area (Å²) in [7, 11) is 0. The molecule has 10 heteroatoms. The average Bonchev–Trinajstić information content (AvgIpc) is 3.33. The van der Waals surface area contributed by atoms with Gasteiger partial charge >= 0.3 is 0 Å². The molecule has 8 atom stereocenters. The summed E-state index contributed by atoms with van der Waals surface area (Å²) in [5.74, 6) is -3.58. The number of Topliss-reactive ketones (excluding diaryl/α,β-unsaturated/α-hetero) is 1. The van der Waals surface area contributed by atoms with Crippen LogP contribution < -0.4 is 10.1 Å². The molecule has 0 aromatic heterocycles. The minimum Gasteiger partial charge on any atom is -0.507 e. The predicted octanol–water partition coefficient (Wildman–Crippen LogP) is 4.94. The number of fused-ring (bicyclic) bond motifs is 14. The van der Waals surface area contributed by atoms with Crippen molar-refractivity contribution in [1.82, 2.24) is 0 Å². The molecule has 0 aliphatic carbocycles. The van der Waals surface area contributed by atoms with E-state index in [9.17, 15) is 40.2 Å². The maximum absolute atomic E-state index is 13.6. The van der Waals surface area contributed by atoms with Crippen LogP contribution in [0.3, 0.4) is 0 Å². The number of hydrogen-bond acceptors (Lipinski definition) is 9. The number of aliphatic hydroxyl groups excluding tert-OH is 3. The minimum absolute atomic E-state index is 0.00135. The van der Waals surface area contributed by atoms with Gasteiger partial charge in [-0.15, -0.1) is 0 Å². The van der Waals surface area contributed by atoms with Crippen LogP contribution in [0.15, 0.2) is 36.0 Å². The second kappa shape index (κ2) is 13.2. The Labute approximate surface area is 263 Å². The fraction of sp³-hybridized carbons (Fsp3) is 0.486. The average molecular weight is 624 g/mol. The lowest BCUT2D eigenvalue weighted by Crippen LogP contribution is -2.41. The molecule has 3 heterocycles. The molecular formula is C35H45NO9. The first-order valence-electron chi connectivity index (χ1n) is 15.4. The van der Waals surface area contributed by atoms with Crippen molar-refractivity contribution in [3.63, 3.8) is 0 Å². The van der Waals surface area contributed by atoms with Gasteiger partial charge in [0.2, 0.25) is 5.78 Å². The topological polar surface area (TPSA) is 177 Å². The van der Waals surface area contributed by atoms with E-state index < -0.39 is 65.2 Å². The molecule has 2 aromatic carbocycles. The van der Waals surface area contributed by atoms with Gasteiger partial charge in [0.25, 0.3) is 5.91 Å². The number of aromatic hydroxyl groups is 3. The number of carbonyl (C=O) groups excluding carboxylic acids is 2. The first-order chi connectivity index (χ1) is 21.1. The molecule has 0 saturated heterocycles. The summed E-state index contributed by atoms with van der Waals surface area (Å²) in [6.45, 7) is 11.9. The number of phenols is 3. The number of amides is 1. The van der Waals surface area contributed by atoms with E-state index >= 15 is 0 Å². The number of nitrogens with one attached hydrogen (secondary N) is 1. The number of ether oxygens (including phenoxy) is 1. The zero-order chi connectivity index (χ0) is 33.5. The summed E-state index contributed by atoms with van der Waals surface area (Å²) in [4.78, 5) is 26.7. The molecule has 0 spiro atoms. The van der Waals surface area contributed by atoms with Gasteiger partial charge in [-0.05, 0) is 39.0 Å². The largest absolute Gasteiger partial charge is 0.507 e. The van der Waals surface area contributed by atoms with E-state index in [1.54, 1.807) is 39.0 Å². The van der Waals surface area contributed by atoms with Crippen molar-refractivity contribution in [2.45, 2.75) is 85.7 Å². The summed E-state index contributed by atoms with van der Waals surface area (Å²) < 4.78 is 5.94. The summed E-state index contributed by atoms with van der Waals surface area (Å²) in [6.07, 6.45) is 4.96. The Kier molecular flexibility index (Phi) is 10.0. The third kappa shape index (κ3) is 6.32. The van der Waals surface area contributed by atoms with Crippen LogP contribution in [0.1, 0.15) is 68.9 Å². The molecule has 1 amide bonds. The molecule has 0 fully saturated rings. The number of aliphatic hydroxyl groups is 3. The number of hydrogen-bond donors (Lipinski definition) is 7. The summed E-state index contributed by atoms with van der Waals surface area (Å²) in [6, 6.07) is 0. The third-order valence-electron chi connectivity index (χ3n) is 9.45. The van der Waals surface area contributed by atoms with Crippen molar-refractivity contribution in [3.05, 3.63) is 52.6 Å². The van der Waals surface area contributed by atoms with Gasteiger partial charge in [0.15, 0.2) is 11.9 Å². The van der Waals surface area contributed by atoms with Gasteiger partial charge in [-0.3, -0.25) is 9.59 Å². The monoisotopic (exact) mass is 623 g/mol. The quantitative estimate of drug-likeness (QED) is 0.122. The van der Waals surface area contributed by atoms with Crippen LogP contribution in [0.2, 0.25) is 0 Å². The van der Waals surface area contributed by atoms with Crippen molar-refractivity contribution in [3.8, 4) is 23.0 Å². The lowest BCUT2D eigenvalue weighted by atomic mass is 9.80. The number of allylic oxidation sites excluding steroid dienone is 3. The minimum atomic E-state index is -1.07. The Morgan fingerprint density at radius 2 is 1.47 bits per heavy atom. The Morgan fingerprint density at radius 3 is 2.13 bits per heavy atom. The van der Waals surface area contributed by atoms with Crippen molar-refractivity contribution >= 4 is 28.2 Å². The molecule has 5 rings (SSSR count). The molecule has 45 heavy (non-hydrogen) atoms. The maximum atomic E-state index is 13.6. The van der Waals surface area contributed by atoms with E-state index in [-0.39, 0.29) is 57.2 Å².